The van der Waals surface area contributed by atoms with Crippen LogP contribution in [0.5, 0.6) is 0 Å². The second-order valence-corrected chi connectivity index (χ2v) is 8.25. The smallest absolute Gasteiger partial charge is 0.195 e. The standard InChI is InChI=1S/C19H19BrN2S/c1-2-13-23-19(20)21-17(15-9-5-3-6-10-15)14-18(22-19)16-11-7-4-8-12-16/h2-12,14,17,21-22H,1,13H2/t17-,19+/m1/s1. The number of thioether (sulfide) groups is 1. The molecule has 0 aromatic heterocycles. The Bertz CT molecular complexity index is 687. The molecule has 2 atom stereocenters. The van der Waals surface area contributed by atoms with Gasteiger partial charge in [-0.25, -0.2) is 0 Å². The van der Waals surface area contributed by atoms with Gasteiger partial charge in [0.05, 0.1) is 6.04 Å². The second-order valence-electron chi connectivity index (χ2n) is 5.30. The lowest BCUT2D eigenvalue weighted by Gasteiger charge is -2.39. The van der Waals surface area contributed by atoms with Crippen molar-refractivity contribution in [2.24, 2.45) is 0 Å². The number of benzene rings is 2. The van der Waals surface area contributed by atoms with Gasteiger partial charge in [0.1, 0.15) is 0 Å². The van der Waals surface area contributed by atoms with Crippen LogP contribution in [0.1, 0.15) is 17.2 Å². The molecule has 2 N–H and O–H groups in total. The average molecular weight is 387 g/mol. The summed E-state index contributed by atoms with van der Waals surface area (Å²) in [5.41, 5.74) is 3.54. The Morgan fingerprint density at radius 1 is 1.09 bits per heavy atom. The minimum absolute atomic E-state index is 0.129. The predicted octanol–water partition coefficient (Wildman–Crippen LogP) is 4.89. The highest BCUT2D eigenvalue weighted by Gasteiger charge is 2.34. The summed E-state index contributed by atoms with van der Waals surface area (Å²) in [6, 6.07) is 21.0. The molecule has 1 heterocycles. The van der Waals surface area contributed by atoms with Gasteiger partial charge in [-0.15, -0.1) is 18.3 Å². The predicted molar refractivity (Wildman–Crippen MR) is 104 cm³/mol. The van der Waals surface area contributed by atoms with Crippen molar-refractivity contribution in [3.05, 3.63) is 90.5 Å². The van der Waals surface area contributed by atoms with Gasteiger partial charge in [-0.05, 0) is 33.1 Å². The highest BCUT2D eigenvalue weighted by molar-refractivity contribution is 9.11. The van der Waals surface area contributed by atoms with E-state index in [0.717, 1.165) is 11.4 Å². The Balaban J connectivity index is 1.96. The minimum Gasteiger partial charge on any atom is -0.349 e. The maximum atomic E-state index is 3.82. The molecule has 2 aromatic rings. The Kier molecular flexibility index (Phi) is 5.26. The van der Waals surface area contributed by atoms with Crippen LogP contribution < -0.4 is 10.6 Å². The third kappa shape index (κ3) is 4.08. The first kappa shape index (κ1) is 16.4. The Hall–Kier alpha value is -1.49. The molecule has 0 amide bonds. The highest BCUT2D eigenvalue weighted by Crippen LogP contribution is 2.37. The van der Waals surface area contributed by atoms with Gasteiger partial charge in [-0.3, -0.25) is 5.32 Å². The zero-order chi connectivity index (χ0) is 16.1. The largest absolute Gasteiger partial charge is 0.349 e. The van der Waals surface area contributed by atoms with Crippen LogP contribution in [0.2, 0.25) is 0 Å². The van der Waals surface area contributed by atoms with Gasteiger partial charge in [0.2, 0.25) is 0 Å². The highest BCUT2D eigenvalue weighted by atomic mass is 79.9. The van der Waals surface area contributed by atoms with Gasteiger partial charge in [0, 0.05) is 11.4 Å². The first-order valence-electron chi connectivity index (χ1n) is 7.52. The van der Waals surface area contributed by atoms with Gasteiger partial charge >= 0.3 is 0 Å². The van der Waals surface area contributed by atoms with E-state index in [1.165, 1.54) is 11.1 Å². The van der Waals surface area contributed by atoms with Crippen LogP contribution in [0.3, 0.4) is 0 Å². The molecule has 1 aliphatic heterocycles. The molecule has 23 heavy (non-hydrogen) atoms. The quantitative estimate of drug-likeness (QED) is 0.434. The molecule has 1 aliphatic rings. The van der Waals surface area contributed by atoms with Crippen LogP contribution in [0, 0.1) is 0 Å². The Morgan fingerprint density at radius 2 is 1.74 bits per heavy atom. The molecule has 3 rings (SSSR count). The summed E-state index contributed by atoms with van der Waals surface area (Å²) >= 11 is 5.56. The molecule has 2 aromatic carbocycles. The number of rotatable bonds is 5. The van der Waals surface area contributed by atoms with Gasteiger partial charge in [0.25, 0.3) is 0 Å². The number of hydrogen-bond donors (Lipinski definition) is 2. The van der Waals surface area contributed by atoms with Crippen LogP contribution in [0.25, 0.3) is 5.70 Å². The van der Waals surface area contributed by atoms with E-state index in [-0.39, 0.29) is 6.04 Å². The molecule has 0 unspecified atom stereocenters. The van der Waals surface area contributed by atoms with E-state index in [1.807, 2.05) is 18.2 Å². The zero-order valence-electron chi connectivity index (χ0n) is 12.7. The summed E-state index contributed by atoms with van der Waals surface area (Å²) in [6.45, 7) is 3.82. The van der Waals surface area contributed by atoms with E-state index < -0.39 is 3.90 Å². The molecule has 0 radical (unpaired) electrons. The molecule has 0 fully saturated rings. The van der Waals surface area contributed by atoms with Crippen molar-refractivity contribution in [3.8, 4) is 0 Å². The second kappa shape index (κ2) is 7.39. The topological polar surface area (TPSA) is 24.1 Å². The molecule has 2 nitrogen and oxygen atoms in total. The SMILES string of the molecule is C=CCS[C@]1(Br)NC(c2ccccc2)=C[C@H](c2ccccc2)N1. The van der Waals surface area contributed by atoms with Crippen molar-refractivity contribution in [3.63, 3.8) is 0 Å². The Morgan fingerprint density at radius 3 is 2.39 bits per heavy atom. The molecule has 0 saturated carbocycles. The number of hydrogen-bond acceptors (Lipinski definition) is 3. The molecule has 0 bridgehead atoms. The number of nitrogens with one attached hydrogen (secondary N) is 2. The molecular weight excluding hydrogens is 368 g/mol. The van der Waals surface area contributed by atoms with Gasteiger partial charge in [-0.1, -0.05) is 66.7 Å². The van der Waals surface area contributed by atoms with Gasteiger partial charge in [0.15, 0.2) is 3.90 Å². The lowest BCUT2D eigenvalue weighted by Crippen LogP contribution is -2.52. The molecule has 0 aliphatic carbocycles. The minimum atomic E-state index is -0.429. The third-order valence-electron chi connectivity index (χ3n) is 3.61. The summed E-state index contributed by atoms with van der Waals surface area (Å²) in [7, 11) is 0. The van der Waals surface area contributed by atoms with Crippen molar-refractivity contribution in [1.82, 2.24) is 10.6 Å². The fourth-order valence-electron chi connectivity index (χ4n) is 2.54. The summed E-state index contributed by atoms with van der Waals surface area (Å²) < 4.78 is -0.429. The summed E-state index contributed by atoms with van der Waals surface area (Å²) in [5, 5.41) is 7.19. The zero-order valence-corrected chi connectivity index (χ0v) is 15.1. The van der Waals surface area contributed by atoms with E-state index in [4.69, 9.17) is 0 Å². The van der Waals surface area contributed by atoms with E-state index in [0.29, 0.717) is 0 Å². The normalized spacial score (nSPS) is 23.7. The molecule has 0 spiro atoms. The molecule has 0 saturated heterocycles. The monoisotopic (exact) mass is 386 g/mol. The average Bonchev–Trinajstić information content (AvgIpc) is 2.61. The number of alkyl halides is 1. The van der Waals surface area contributed by atoms with E-state index in [2.05, 4.69) is 87.7 Å². The van der Waals surface area contributed by atoms with Crippen LogP contribution in [0.4, 0.5) is 0 Å². The fraction of sp³-hybridized carbons (Fsp3) is 0.158. The van der Waals surface area contributed by atoms with Gasteiger partial charge in [-0.2, -0.15) is 0 Å². The number of halogens is 1. The van der Waals surface area contributed by atoms with Crippen molar-refractivity contribution in [2.75, 3.05) is 5.75 Å². The van der Waals surface area contributed by atoms with E-state index >= 15 is 0 Å². The van der Waals surface area contributed by atoms with Crippen molar-refractivity contribution >= 4 is 33.4 Å². The summed E-state index contributed by atoms with van der Waals surface area (Å²) in [4.78, 5) is 0. The lowest BCUT2D eigenvalue weighted by molar-refractivity contribution is 0.513. The fourth-order valence-corrected chi connectivity index (χ4v) is 4.13. The molecular formula is C19H19BrN2S. The summed E-state index contributed by atoms with van der Waals surface area (Å²) in [5.74, 6) is 0.842. The Labute approximate surface area is 150 Å². The van der Waals surface area contributed by atoms with Crippen molar-refractivity contribution < 1.29 is 0 Å². The third-order valence-corrected chi connectivity index (χ3v) is 5.75. The van der Waals surface area contributed by atoms with Gasteiger partial charge < -0.3 is 5.32 Å². The van der Waals surface area contributed by atoms with E-state index in [9.17, 15) is 0 Å². The first-order valence-corrected chi connectivity index (χ1v) is 9.30. The lowest BCUT2D eigenvalue weighted by atomic mass is 10.0. The van der Waals surface area contributed by atoms with Crippen LogP contribution in [-0.2, 0) is 0 Å². The molecule has 4 heteroatoms. The molecule has 118 valence electrons. The summed E-state index contributed by atoms with van der Waals surface area (Å²) in [6.07, 6.45) is 4.15. The van der Waals surface area contributed by atoms with Crippen molar-refractivity contribution in [1.29, 1.82) is 0 Å². The van der Waals surface area contributed by atoms with Crippen LogP contribution in [-0.4, -0.2) is 9.66 Å². The maximum absolute atomic E-state index is 3.82. The van der Waals surface area contributed by atoms with Crippen LogP contribution in [0.15, 0.2) is 79.4 Å². The van der Waals surface area contributed by atoms with E-state index in [1.54, 1.807) is 11.8 Å². The first-order chi connectivity index (χ1) is 11.2. The van der Waals surface area contributed by atoms with Crippen LogP contribution >= 0.6 is 27.7 Å². The maximum Gasteiger partial charge on any atom is 0.195 e. The van der Waals surface area contributed by atoms with Crippen molar-refractivity contribution in [2.45, 2.75) is 9.95 Å².